The third kappa shape index (κ3) is 5.06. The van der Waals surface area contributed by atoms with Crippen LogP contribution < -0.4 is 14.5 Å². The van der Waals surface area contributed by atoms with Gasteiger partial charge in [-0.25, -0.2) is 8.42 Å². The molecule has 0 saturated carbocycles. The van der Waals surface area contributed by atoms with Crippen molar-refractivity contribution >= 4 is 33.1 Å². The molecule has 3 heterocycles. The summed E-state index contributed by atoms with van der Waals surface area (Å²) < 4.78 is 28.8. The third-order valence-electron chi connectivity index (χ3n) is 7.05. The zero-order valence-corrected chi connectivity index (χ0v) is 21.5. The van der Waals surface area contributed by atoms with Crippen LogP contribution in [0.5, 0.6) is 0 Å². The number of piperidine rings is 1. The van der Waals surface area contributed by atoms with Crippen molar-refractivity contribution in [1.29, 1.82) is 0 Å². The number of carbonyl (C=O) groups excluding carboxylic acids is 1. The number of carbonyl (C=O) groups is 1. The molecule has 0 spiro atoms. The second kappa shape index (κ2) is 9.89. The van der Waals surface area contributed by atoms with Crippen LogP contribution in [-0.4, -0.2) is 44.2 Å². The normalized spacial score (nSPS) is 16.5. The Balaban J connectivity index is 1.28. The van der Waals surface area contributed by atoms with Crippen molar-refractivity contribution in [2.75, 3.05) is 34.2 Å². The molecule has 1 amide bonds. The van der Waals surface area contributed by atoms with Gasteiger partial charge < -0.3 is 9.80 Å². The number of sulfonamides is 1. The molecule has 0 unspecified atom stereocenters. The Labute approximate surface area is 212 Å². The molecular weight excluding hydrogens is 474 g/mol. The van der Waals surface area contributed by atoms with Gasteiger partial charge in [0.1, 0.15) is 0 Å². The lowest BCUT2D eigenvalue weighted by atomic mass is 9.99. The van der Waals surface area contributed by atoms with Gasteiger partial charge in [0.25, 0.3) is 10.0 Å². The lowest BCUT2D eigenvalue weighted by Crippen LogP contribution is -2.33. The Morgan fingerprint density at radius 2 is 1.72 bits per heavy atom. The van der Waals surface area contributed by atoms with E-state index < -0.39 is 10.0 Å². The monoisotopic (exact) mass is 505 g/mol. The molecule has 2 aromatic carbocycles. The Kier molecular flexibility index (Phi) is 6.66. The Morgan fingerprint density at radius 1 is 0.972 bits per heavy atom. The molecular formula is C27H31N5O3S. The second-order valence-corrected chi connectivity index (χ2v) is 11.4. The first-order valence-corrected chi connectivity index (χ1v) is 13.9. The van der Waals surface area contributed by atoms with E-state index in [1.807, 2.05) is 24.3 Å². The molecule has 36 heavy (non-hydrogen) atoms. The van der Waals surface area contributed by atoms with Gasteiger partial charge in [-0.1, -0.05) is 19.1 Å². The summed E-state index contributed by atoms with van der Waals surface area (Å²) in [6, 6.07) is 16.0. The number of amides is 1. The number of fused-ring (bicyclic) bond motifs is 1. The highest BCUT2D eigenvalue weighted by Crippen LogP contribution is 2.30. The maximum absolute atomic E-state index is 13.0. The molecule has 1 saturated heterocycles. The summed E-state index contributed by atoms with van der Waals surface area (Å²) in [4.78, 5) is 16.1. The summed E-state index contributed by atoms with van der Waals surface area (Å²) >= 11 is 0. The second-order valence-electron chi connectivity index (χ2n) is 9.69. The molecule has 1 aromatic heterocycles. The summed E-state index contributed by atoms with van der Waals surface area (Å²) in [5.74, 6) is 1.62. The summed E-state index contributed by atoms with van der Waals surface area (Å²) in [5.41, 5.74) is 3.73. The molecule has 0 bridgehead atoms. The van der Waals surface area contributed by atoms with E-state index in [1.54, 1.807) is 35.2 Å². The van der Waals surface area contributed by atoms with Crippen LogP contribution in [0.25, 0.3) is 11.3 Å². The van der Waals surface area contributed by atoms with Crippen molar-refractivity contribution in [1.82, 2.24) is 10.2 Å². The van der Waals surface area contributed by atoms with E-state index in [4.69, 9.17) is 0 Å². The minimum atomic E-state index is -3.77. The fraction of sp³-hybridized carbons (Fsp3) is 0.370. The molecule has 2 aliphatic rings. The Morgan fingerprint density at radius 3 is 2.39 bits per heavy atom. The average molecular weight is 506 g/mol. The SMILES string of the molecule is CC(=O)N1CCCc2cc(S(=O)(=O)Nc3ccc(-c4ccc(N5CCC(C)CC5)nn4)cc3)ccc21. The van der Waals surface area contributed by atoms with Crippen LogP contribution in [0.1, 0.15) is 38.7 Å². The maximum Gasteiger partial charge on any atom is 0.261 e. The first-order valence-electron chi connectivity index (χ1n) is 12.4. The van der Waals surface area contributed by atoms with Crippen LogP contribution >= 0.6 is 0 Å². The van der Waals surface area contributed by atoms with Crippen molar-refractivity contribution in [2.45, 2.75) is 44.4 Å². The number of hydrogen-bond donors (Lipinski definition) is 1. The summed E-state index contributed by atoms with van der Waals surface area (Å²) in [7, 11) is -3.77. The smallest absolute Gasteiger partial charge is 0.261 e. The Bertz CT molecular complexity index is 1350. The van der Waals surface area contributed by atoms with Crippen molar-refractivity contribution in [2.24, 2.45) is 5.92 Å². The summed E-state index contributed by atoms with van der Waals surface area (Å²) in [6.45, 7) is 6.47. The molecule has 8 nitrogen and oxygen atoms in total. The van der Waals surface area contributed by atoms with Crippen LogP contribution in [0.2, 0.25) is 0 Å². The fourth-order valence-electron chi connectivity index (χ4n) is 4.88. The quantitative estimate of drug-likeness (QED) is 0.549. The predicted molar refractivity (Wildman–Crippen MR) is 142 cm³/mol. The van der Waals surface area contributed by atoms with Crippen LogP contribution in [0.15, 0.2) is 59.5 Å². The minimum Gasteiger partial charge on any atom is -0.355 e. The molecule has 9 heteroatoms. The zero-order chi connectivity index (χ0) is 25.3. The van der Waals surface area contributed by atoms with Gasteiger partial charge in [-0.15, -0.1) is 10.2 Å². The van der Waals surface area contributed by atoms with Crippen LogP contribution in [-0.2, 0) is 21.2 Å². The van der Waals surface area contributed by atoms with Crippen molar-refractivity contribution < 1.29 is 13.2 Å². The highest BCUT2D eigenvalue weighted by molar-refractivity contribution is 7.92. The van der Waals surface area contributed by atoms with Crippen molar-refractivity contribution in [3.8, 4) is 11.3 Å². The van der Waals surface area contributed by atoms with E-state index in [0.29, 0.717) is 12.2 Å². The van der Waals surface area contributed by atoms with E-state index >= 15 is 0 Å². The topological polar surface area (TPSA) is 95.5 Å². The van der Waals surface area contributed by atoms with Crippen LogP contribution in [0.3, 0.4) is 0 Å². The van der Waals surface area contributed by atoms with E-state index in [-0.39, 0.29) is 10.8 Å². The average Bonchev–Trinajstić information content (AvgIpc) is 2.89. The van der Waals surface area contributed by atoms with E-state index in [9.17, 15) is 13.2 Å². The van der Waals surface area contributed by atoms with E-state index in [1.165, 1.54) is 19.8 Å². The van der Waals surface area contributed by atoms with Gasteiger partial charge in [0.05, 0.1) is 10.6 Å². The van der Waals surface area contributed by atoms with Crippen LogP contribution in [0.4, 0.5) is 17.2 Å². The Hall–Kier alpha value is -3.46. The first-order chi connectivity index (χ1) is 17.3. The van der Waals surface area contributed by atoms with Gasteiger partial charge >= 0.3 is 0 Å². The third-order valence-corrected chi connectivity index (χ3v) is 8.43. The van der Waals surface area contributed by atoms with Gasteiger partial charge in [0.15, 0.2) is 5.82 Å². The number of nitrogens with zero attached hydrogens (tertiary/aromatic N) is 4. The van der Waals surface area contributed by atoms with Gasteiger partial charge in [-0.3, -0.25) is 9.52 Å². The summed E-state index contributed by atoms with van der Waals surface area (Å²) in [5, 5.41) is 8.81. The van der Waals surface area contributed by atoms with Crippen molar-refractivity contribution in [3.63, 3.8) is 0 Å². The zero-order valence-electron chi connectivity index (χ0n) is 20.6. The number of rotatable bonds is 5. The molecule has 188 valence electrons. The lowest BCUT2D eigenvalue weighted by Gasteiger charge is -2.30. The van der Waals surface area contributed by atoms with Crippen molar-refractivity contribution in [3.05, 3.63) is 60.2 Å². The lowest BCUT2D eigenvalue weighted by molar-refractivity contribution is -0.116. The molecule has 2 aliphatic heterocycles. The first kappa shape index (κ1) is 24.2. The number of hydrogen-bond acceptors (Lipinski definition) is 6. The van der Waals surface area contributed by atoms with Gasteiger partial charge in [-0.2, -0.15) is 0 Å². The predicted octanol–water partition coefficient (Wildman–Crippen LogP) is 4.48. The molecule has 1 fully saturated rings. The summed E-state index contributed by atoms with van der Waals surface area (Å²) in [6.07, 6.45) is 3.90. The highest BCUT2D eigenvalue weighted by Gasteiger charge is 2.23. The number of nitrogens with one attached hydrogen (secondary N) is 1. The number of aryl methyl sites for hydroxylation is 1. The fourth-order valence-corrected chi connectivity index (χ4v) is 5.99. The minimum absolute atomic E-state index is 0.0368. The molecule has 0 radical (unpaired) electrons. The molecule has 0 atom stereocenters. The van der Waals surface area contributed by atoms with Gasteiger partial charge in [0.2, 0.25) is 5.91 Å². The number of anilines is 3. The standard InChI is InChI=1S/C27H31N5O3S/c1-19-13-16-31(17-14-19)27-12-10-25(28-29-27)21-5-7-23(8-6-21)30-36(34,35)24-9-11-26-22(18-24)4-3-15-32(26)20(2)33/h5-12,18-19,30H,3-4,13-17H2,1-2H3. The van der Waals surface area contributed by atoms with Crippen LogP contribution in [0, 0.1) is 5.92 Å². The van der Waals surface area contributed by atoms with Gasteiger partial charge in [0, 0.05) is 43.5 Å². The van der Waals surface area contributed by atoms with E-state index in [2.05, 4.69) is 26.7 Å². The van der Waals surface area contributed by atoms with E-state index in [0.717, 1.165) is 60.2 Å². The largest absolute Gasteiger partial charge is 0.355 e. The number of aromatic nitrogens is 2. The molecule has 5 rings (SSSR count). The maximum atomic E-state index is 13.0. The highest BCUT2D eigenvalue weighted by atomic mass is 32.2. The number of benzene rings is 2. The molecule has 0 aliphatic carbocycles. The molecule has 3 aromatic rings. The molecule has 1 N–H and O–H groups in total. The van der Waals surface area contributed by atoms with Gasteiger partial charge in [-0.05, 0) is 79.6 Å².